The quantitative estimate of drug-likeness (QED) is 0.332. The number of hydrogen-bond acceptors (Lipinski definition) is 7. The van der Waals surface area contributed by atoms with E-state index in [9.17, 15) is 26.4 Å². The summed E-state index contributed by atoms with van der Waals surface area (Å²) in [6.07, 6.45) is -4.09. The van der Waals surface area contributed by atoms with Crippen LogP contribution in [0.3, 0.4) is 0 Å². The first-order valence-corrected chi connectivity index (χ1v) is 13.7. The molecule has 5 rings (SSSR count). The molecule has 0 atom stereocenters. The number of rotatable bonds is 8. The van der Waals surface area contributed by atoms with Crippen molar-refractivity contribution in [1.29, 1.82) is 0 Å². The molecular weight excluding hydrogens is 549 g/mol. The molecule has 1 aliphatic rings. The van der Waals surface area contributed by atoms with Crippen molar-refractivity contribution < 1.29 is 30.8 Å². The molecule has 1 aliphatic heterocycles. The number of aromatic amines is 1. The van der Waals surface area contributed by atoms with E-state index in [-0.39, 0.29) is 29.6 Å². The first kappa shape index (κ1) is 27.5. The minimum absolute atomic E-state index is 0.0540. The van der Waals surface area contributed by atoms with Crippen LogP contribution in [0.15, 0.2) is 74.9 Å². The minimum atomic E-state index is -4.52. The lowest BCUT2D eigenvalue weighted by atomic mass is 9.99. The average molecular weight is 575 g/mol. The van der Waals surface area contributed by atoms with Crippen LogP contribution in [0.1, 0.15) is 11.1 Å². The Morgan fingerprint density at radius 2 is 1.77 bits per heavy atom. The van der Waals surface area contributed by atoms with Crippen LogP contribution < -0.4 is 14.8 Å². The van der Waals surface area contributed by atoms with Gasteiger partial charge in [-0.1, -0.05) is 17.3 Å². The van der Waals surface area contributed by atoms with Gasteiger partial charge in [0.1, 0.15) is 12.4 Å². The van der Waals surface area contributed by atoms with Gasteiger partial charge in [0.15, 0.2) is 5.82 Å². The maximum Gasteiger partial charge on any atom is 0.439 e. The fourth-order valence-corrected chi connectivity index (χ4v) is 5.95. The molecule has 40 heavy (non-hydrogen) atoms. The molecule has 1 N–H and O–H groups in total. The summed E-state index contributed by atoms with van der Waals surface area (Å²) in [5.41, 5.74) is 2.02. The molecule has 0 spiro atoms. The number of alkyl halides is 3. The highest BCUT2D eigenvalue weighted by Gasteiger charge is 2.33. The number of aromatic nitrogens is 2. The molecule has 210 valence electrons. The fraction of sp³-hybridized carbons (Fsp3) is 0.259. The molecule has 0 aliphatic carbocycles. The minimum Gasteiger partial charge on any atom is -0.492 e. The van der Waals surface area contributed by atoms with E-state index in [0.717, 1.165) is 17.7 Å². The van der Waals surface area contributed by atoms with E-state index in [4.69, 9.17) is 4.74 Å². The lowest BCUT2D eigenvalue weighted by Gasteiger charge is -2.20. The van der Waals surface area contributed by atoms with E-state index >= 15 is 0 Å². The van der Waals surface area contributed by atoms with Crippen molar-refractivity contribution in [2.75, 3.05) is 38.1 Å². The third kappa shape index (κ3) is 5.47. The van der Waals surface area contributed by atoms with E-state index in [0.29, 0.717) is 35.3 Å². The second-order valence-corrected chi connectivity index (χ2v) is 11.4. The van der Waals surface area contributed by atoms with Crippen LogP contribution in [0, 0.1) is 0 Å². The number of H-pyrrole nitrogens is 1. The van der Waals surface area contributed by atoms with E-state index in [1.807, 2.05) is 19.0 Å². The van der Waals surface area contributed by atoms with Crippen LogP contribution >= 0.6 is 0 Å². The van der Waals surface area contributed by atoms with Crippen molar-refractivity contribution in [2.45, 2.75) is 17.5 Å². The number of benzene rings is 3. The van der Waals surface area contributed by atoms with Gasteiger partial charge in [0.25, 0.3) is 10.0 Å². The number of hydrogen-bond donors (Lipinski definition) is 1. The molecule has 0 unspecified atom stereocenters. The van der Waals surface area contributed by atoms with Gasteiger partial charge in [0.05, 0.1) is 16.1 Å². The van der Waals surface area contributed by atoms with Crippen molar-refractivity contribution in [3.63, 3.8) is 0 Å². The fourth-order valence-electron chi connectivity index (χ4n) is 4.45. The lowest BCUT2D eigenvalue weighted by molar-refractivity contribution is -0.137. The normalized spacial score (nSPS) is 13.6. The smallest absolute Gasteiger partial charge is 0.439 e. The van der Waals surface area contributed by atoms with E-state index in [2.05, 4.69) is 14.7 Å². The molecule has 4 aromatic rings. The molecule has 0 radical (unpaired) electrons. The molecular formula is C27H25F3N4O5S. The van der Waals surface area contributed by atoms with Crippen LogP contribution in [0.2, 0.25) is 0 Å². The predicted molar refractivity (Wildman–Crippen MR) is 142 cm³/mol. The van der Waals surface area contributed by atoms with Gasteiger partial charge in [-0.15, -0.1) is 0 Å². The SMILES string of the molecule is CN(C)CCOc1cc(C(F)(F)F)ccc1-c1ccc2c(c1)CCN2S(=O)(=O)c1ccc(-c2noc(=O)[nH]2)cc1. The number of nitrogens with zero attached hydrogens (tertiary/aromatic N) is 3. The van der Waals surface area contributed by atoms with Crippen LogP contribution in [-0.2, 0) is 22.6 Å². The number of sulfonamides is 1. The Hall–Kier alpha value is -4.10. The van der Waals surface area contributed by atoms with Gasteiger partial charge in [-0.05, 0) is 80.2 Å². The Balaban J connectivity index is 1.43. The van der Waals surface area contributed by atoms with Crippen LogP contribution in [0.5, 0.6) is 5.75 Å². The van der Waals surface area contributed by atoms with E-state index in [1.54, 1.807) is 18.2 Å². The number of halogens is 3. The summed E-state index contributed by atoms with van der Waals surface area (Å²) in [4.78, 5) is 15.5. The highest BCUT2D eigenvalue weighted by atomic mass is 32.2. The Labute approximate surface area is 227 Å². The van der Waals surface area contributed by atoms with Crippen LogP contribution in [0.25, 0.3) is 22.5 Å². The van der Waals surface area contributed by atoms with Gasteiger partial charge in [0.2, 0.25) is 0 Å². The van der Waals surface area contributed by atoms with Crippen molar-refractivity contribution in [3.05, 3.63) is 82.3 Å². The average Bonchev–Trinajstić information content (AvgIpc) is 3.54. The van der Waals surface area contributed by atoms with Gasteiger partial charge in [-0.25, -0.2) is 13.2 Å². The molecule has 0 amide bonds. The second kappa shape index (κ2) is 10.5. The topological polar surface area (TPSA) is 109 Å². The first-order chi connectivity index (χ1) is 18.9. The summed E-state index contributed by atoms with van der Waals surface area (Å²) >= 11 is 0. The molecule has 3 aromatic carbocycles. The maximum absolute atomic E-state index is 13.5. The molecule has 2 heterocycles. The van der Waals surface area contributed by atoms with Crippen molar-refractivity contribution in [3.8, 4) is 28.3 Å². The largest absolute Gasteiger partial charge is 0.492 e. The summed E-state index contributed by atoms with van der Waals surface area (Å²) in [5, 5.41) is 3.60. The summed E-state index contributed by atoms with van der Waals surface area (Å²) in [6, 6.07) is 14.4. The van der Waals surface area contributed by atoms with Crippen molar-refractivity contribution in [2.24, 2.45) is 0 Å². The monoisotopic (exact) mass is 574 g/mol. The molecule has 0 bridgehead atoms. The second-order valence-electron chi connectivity index (χ2n) is 9.50. The summed E-state index contributed by atoms with van der Waals surface area (Å²) in [7, 11) is -0.236. The van der Waals surface area contributed by atoms with E-state index < -0.39 is 27.5 Å². The van der Waals surface area contributed by atoms with Gasteiger partial charge < -0.3 is 9.64 Å². The van der Waals surface area contributed by atoms with Crippen LogP contribution in [0.4, 0.5) is 18.9 Å². The molecule has 0 saturated carbocycles. The van der Waals surface area contributed by atoms with Crippen molar-refractivity contribution in [1.82, 2.24) is 15.0 Å². The Bertz CT molecular complexity index is 1700. The van der Waals surface area contributed by atoms with E-state index in [1.165, 1.54) is 34.6 Å². The highest BCUT2D eigenvalue weighted by molar-refractivity contribution is 7.92. The molecule has 0 fully saturated rings. The first-order valence-electron chi connectivity index (χ1n) is 12.2. The predicted octanol–water partition coefficient (Wildman–Crippen LogP) is 4.41. The Morgan fingerprint density at radius 3 is 2.42 bits per heavy atom. The van der Waals surface area contributed by atoms with Crippen molar-refractivity contribution >= 4 is 15.7 Å². The van der Waals surface area contributed by atoms with Crippen LogP contribution in [-0.4, -0.2) is 57.3 Å². The summed E-state index contributed by atoms with van der Waals surface area (Å²) in [6.45, 7) is 0.923. The lowest BCUT2D eigenvalue weighted by Crippen LogP contribution is -2.29. The van der Waals surface area contributed by atoms with Gasteiger partial charge in [0, 0.05) is 24.2 Å². The van der Waals surface area contributed by atoms with Gasteiger partial charge in [-0.2, -0.15) is 13.2 Å². The number of likely N-dealkylation sites (N-methyl/N-ethyl adjacent to an activating group) is 1. The Morgan fingerprint density at radius 1 is 1.05 bits per heavy atom. The summed E-state index contributed by atoms with van der Waals surface area (Å²) in [5.74, 6) is -0.433. The highest BCUT2D eigenvalue weighted by Crippen LogP contribution is 2.40. The number of ether oxygens (including phenoxy) is 1. The maximum atomic E-state index is 13.5. The molecule has 0 saturated heterocycles. The number of anilines is 1. The zero-order valence-corrected chi connectivity index (χ0v) is 22.3. The Kier molecular flexibility index (Phi) is 7.19. The standard InChI is InChI=1S/C27H25F3N4O5S/c1-33(2)13-14-38-24-16-20(27(28,29)30)6-9-22(24)18-5-10-23-19(15-18)11-12-34(23)40(36,37)21-7-3-17(4-8-21)25-31-26(35)39-32-25/h3-10,15-16H,11-14H2,1-2H3,(H,31,32,35). The number of fused-ring (bicyclic) bond motifs is 1. The molecule has 9 nitrogen and oxygen atoms in total. The summed E-state index contributed by atoms with van der Waals surface area (Å²) < 4.78 is 78.6. The number of nitrogens with one attached hydrogen (secondary N) is 1. The molecule has 13 heteroatoms. The third-order valence-electron chi connectivity index (χ3n) is 6.50. The third-order valence-corrected chi connectivity index (χ3v) is 8.33. The van der Waals surface area contributed by atoms with Gasteiger partial charge >= 0.3 is 11.9 Å². The zero-order chi connectivity index (χ0) is 28.7. The van der Waals surface area contributed by atoms with Gasteiger partial charge in [-0.3, -0.25) is 13.8 Å². The molecule has 1 aromatic heterocycles. The zero-order valence-electron chi connectivity index (χ0n) is 21.5.